The number of aryl methyl sites for hydroxylation is 1. The minimum atomic E-state index is -0.506. The predicted octanol–water partition coefficient (Wildman–Crippen LogP) is 2.97. The van der Waals surface area contributed by atoms with E-state index < -0.39 is 11.7 Å². The molecule has 0 spiro atoms. The molecule has 8 nitrogen and oxygen atoms in total. The largest absolute Gasteiger partial charge is 0.488 e. The molecule has 2 rings (SSSR count). The maximum atomic E-state index is 11.7. The molecule has 0 aliphatic carbocycles. The molecule has 0 saturated carbocycles. The highest BCUT2D eigenvalue weighted by Gasteiger charge is 2.19. The molecule has 0 bridgehead atoms. The summed E-state index contributed by atoms with van der Waals surface area (Å²) < 4.78 is 16.7. The third-order valence-electron chi connectivity index (χ3n) is 4.16. The Morgan fingerprint density at radius 3 is 2.60 bits per heavy atom. The fourth-order valence-corrected chi connectivity index (χ4v) is 2.76. The van der Waals surface area contributed by atoms with Gasteiger partial charge in [-0.15, -0.1) is 24.0 Å². The smallest absolute Gasteiger partial charge is 0.407 e. The van der Waals surface area contributed by atoms with Crippen molar-refractivity contribution in [2.45, 2.75) is 52.4 Å². The molecule has 9 heteroatoms. The zero-order valence-corrected chi connectivity index (χ0v) is 20.9. The van der Waals surface area contributed by atoms with Crippen molar-refractivity contribution in [1.29, 1.82) is 0 Å². The lowest BCUT2D eigenvalue weighted by Crippen LogP contribution is -2.42. The average Bonchev–Trinajstić information content (AvgIpc) is 3.14. The summed E-state index contributed by atoms with van der Waals surface area (Å²) in [7, 11) is 1.71. The molecule has 30 heavy (non-hydrogen) atoms. The van der Waals surface area contributed by atoms with Crippen LogP contribution in [-0.4, -0.2) is 57.1 Å². The van der Waals surface area contributed by atoms with Gasteiger partial charge < -0.3 is 30.2 Å². The molecular formula is C21H35IN4O4. The number of benzene rings is 1. The number of amides is 1. The summed E-state index contributed by atoms with van der Waals surface area (Å²) in [5.41, 5.74) is 1.70. The molecule has 1 atom stereocenters. The van der Waals surface area contributed by atoms with Gasteiger partial charge in [0.25, 0.3) is 0 Å². The number of halogens is 1. The van der Waals surface area contributed by atoms with Gasteiger partial charge in [-0.1, -0.05) is 12.1 Å². The minimum absolute atomic E-state index is 0. The first kappa shape index (κ1) is 26.3. The number of alkyl carbamates (subject to hydrolysis) is 1. The van der Waals surface area contributed by atoms with Gasteiger partial charge in [0.2, 0.25) is 0 Å². The first-order valence-electron chi connectivity index (χ1n) is 10.0. The van der Waals surface area contributed by atoms with Crippen LogP contribution in [0.5, 0.6) is 5.75 Å². The highest BCUT2D eigenvalue weighted by atomic mass is 127. The molecule has 1 aromatic rings. The second kappa shape index (κ2) is 12.8. The number of ether oxygens (including phenoxy) is 3. The van der Waals surface area contributed by atoms with E-state index in [-0.39, 0.29) is 30.1 Å². The van der Waals surface area contributed by atoms with E-state index in [1.807, 2.05) is 27.7 Å². The lowest BCUT2D eigenvalue weighted by molar-refractivity contribution is 0.0529. The van der Waals surface area contributed by atoms with E-state index in [1.54, 1.807) is 7.05 Å². The summed E-state index contributed by atoms with van der Waals surface area (Å²) >= 11 is 0. The molecule has 1 amide bonds. The number of carbonyl (C=O) groups excluding carboxylic acids is 1. The van der Waals surface area contributed by atoms with Crippen molar-refractivity contribution in [3.63, 3.8) is 0 Å². The highest BCUT2D eigenvalue weighted by molar-refractivity contribution is 14.0. The quantitative estimate of drug-likeness (QED) is 0.216. The van der Waals surface area contributed by atoms with Gasteiger partial charge in [-0.05, 0) is 39.3 Å². The molecule has 1 aliphatic rings. The predicted molar refractivity (Wildman–Crippen MR) is 129 cm³/mol. The van der Waals surface area contributed by atoms with Crippen LogP contribution in [-0.2, 0) is 16.0 Å². The molecule has 1 fully saturated rings. The van der Waals surface area contributed by atoms with Crippen molar-refractivity contribution < 1.29 is 19.0 Å². The maximum Gasteiger partial charge on any atom is 0.407 e. The summed E-state index contributed by atoms with van der Waals surface area (Å²) in [5, 5.41) is 9.16. The van der Waals surface area contributed by atoms with E-state index in [0.717, 1.165) is 29.9 Å². The second-order valence-corrected chi connectivity index (χ2v) is 8.00. The summed E-state index contributed by atoms with van der Waals surface area (Å²) in [6, 6.07) is 6.18. The first-order chi connectivity index (χ1) is 13.8. The first-order valence-corrected chi connectivity index (χ1v) is 10.0. The van der Waals surface area contributed by atoms with Crippen LogP contribution >= 0.6 is 24.0 Å². The van der Waals surface area contributed by atoms with Crippen molar-refractivity contribution in [3.05, 3.63) is 29.3 Å². The van der Waals surface area contributed by atoms with E-state index in [1.165, 1.54) is 0 Å². The van der Waals surface area contributed by atoms with Gasteiger partial charge >= 0.3 is 6.09 Å². The topological polar surface area (TPSA) is 93.2 Å². The van der Waals surface area contributed by atoms with Crippen molar-refractivity contribution in [2.24, 2.45) is 4.99 Å². The molecule has 3 N–H and O–H groups in total. The van der Waals surface area contributed by atoms with E-state index >= 15 is 0 Å². The molecule has 0 aromatic heterocycles. The number of aliphatic imine (C=N–C) groups is 1. The van der Waals surface area contributed by atoms with E-state index in [9.17, 15) is 4.79 Å². The Kier molecular flexibility index (Phi) is 11.2. The standard InChI is InChI=1S/C21H34N4O4.HI/c1-15-6-7-16(18(12-15)28-17-8-11-27-14-17)13-25-19(22-5)23-9-10-24-20(26)29-21(2,3)4;/h6-7,12,17H,8-11,13-14H2,1-5H3,(H,24,26)(H2,22,23,25);1H. The molecular weight excluding hydrogens is 499 g/mol. The van der Waals surface area contributed by atoms with Gasteiger partial charge in [0.15, 0.2) is 5.96 Å². The van der Waals surface area contributed by atoms with Gasteiger partial charge in [-0.25, -0.2) is 4.79 Å². The summed E-state index contributed by atoms with van der Waals surface area (Å²) in [6.45, 7) is 10.5. The molecule has 170 valence electrons. The number of carbonyl (C=O) groups is 1. The van der Waals surface area contributed by atoms with Crippen LogP contribution in [0.1, 0.15) is 38.3 Å². The zero-order valence-electron chi connectivity index (χ0n) is 18.5. The summed E-state index contributed by atoms with van der Waals surface area (Å²) in [5.74, 6) is 1.52. The summed E-state index contributed by atoms with van der Waals surface area (Å²) in [6.07, 6.45) is 0.584. The zero-order chi connectivity index (χ0) is 21.3. The monoisotopic (exact) mass is 534 g/mol. The van der Waals surface area contributed by atoms with Gasteiger partial charge in [-0.3, -0.25) is 4.99 Å². The van der Waals surface area contributed by atoms with Crippen LogP contribution in [0.2, 0.25) is 0 Å². The van der Waals surface area contributed by atoms with E-state index in [0.29, 0.717) is 32.2 Å². The molecule has 1 aliphatic heterocycles. The van der Waals surface area contributed by atoms with Crippen molar-refractivity contribution >= 4 is 36.0 Å². The maximum absolute atomic E-state index is 11.7. The second-order valence-electron chi connectivity index (χ2n) is 8.00. The van der Waals surface area contributed by atoms with Crippen LogP contribution in [0, 0.1) is 6.92 Å². The van der Waals surface area contributed by atoms with Gasteiger partial charge in [0.05, 0.1) is 13.2 Å². The third kappa shape index (κ3) is 9.84. The van der Waals surface area contributed by atoms with E-state index in [2.05, 4.69) is 39.1 Å². The van der Waals surface area contributed by atoms with Crippen LogP contribution in [0.3, 0.4) is 0 Å². The number of hydrogen-bond acceptors (Lipinski definition) is 5. The van der Waals surface area contributed by atoms with E-state index in [4.69, 9.17) is 14.2 Å². The van der Waals surface area contributed by atoms with Crippen molar-refractivity contribution in [2.75, 3.05) is 33.4 Å². The highest BCUT2D eigenvalue weighted by Crippen LogP contribution is 2.23. The Balaban J connectivity index is 0.00000450. The SMILES string of the molecule is CN=C(NCCNC(=O)OC(C)(C)C)NCc1ccc(C)cc1OC1CCOC1.I. The Morgan fingerprint density at radius 1 is 1.23 bits per heavy atom. The molecule has 1 saturated heterocycles. The average molecular weight is 534 g/mol. The molecule has 1 heterocycles. The van der Waals surface area contributed by atoms with Crippen molar-refractivity contribution in [1.82, 2.24) is 16.0 Å². The molecule has 1 unspecified atom stereocenters. The lowest BCUT2D eigenvalue weighted by atomic mass is 10.1. The number of nitrogens with one attached hydrogen (secondary N) is 3. The van der Waals surface area contributed by atoms with Crippen molar-refractivity contribution in [3.8, 4) is 5.75 Å². The number of nitrogens with zero attached hydrogens (tertiary/aromatic N) is 1. The third-order valence-corrected chi connectivity index (χ3v) is 4.16. The number of hydrogen-bond donors (Lipinski definition) is 3. The molecule has 1 aromatic carbocycles. The fraction of sp³-hybridized carbons (Fsp3) is 0.619. The van der Waals surface area contributed by atoms with Crippen LogP contribution < -0.4 is 20.7 Å². The normalized spacial score (nSPS) is 16.4. The minimum Gasteiger partial charge on any atom is -0.488 e. The number of guanidine groups is 1. The Hall–Kier alpha value is -1.75. The fourth-order valence-electron chi connectivity index (χ4n) is 2.76. The van der Waals surface area contributed by atoms with Gasteiger partial charge in [-0.2, -0.15) is 0 Å². The Bertz CT molecular complexity index is 701. The Morgan fingerprint density at radius 2 is 1.97 bits per heavy atom. The Labute approximate surface area is 196 Å². The summed E-state index contributed by atoms with van der Waals surface area (Å²) in [4.78, 5) is 15.9. The molecule has 0 radical (unpaired) electrons. The van der Waals surface area contributed by atoms with Crippen LogP contribution in [0.4, 0.5) is 4.79 Å². The van der Waals surface area contributed by atoms with Crippen LogP contribution in [0.15, 0.2) is 23.2 Å². The van der Waals surface area contributed by atoms with Gasteiger partial charge in [0.1, 0.15) is 17.5 Å². The number of rotatable bonds is 7. The van der Waals surface area contributed by atoms with Crippen LogP contribution in [0.25, 0.3) is 0 Å². The lowest BCUT2D eigenvalue weighted by Gasteiger charge is -2.20. The van der Waals surface area contributed by atoms with Gasteiger partial charge in [0, 0.05) is 38.7 Å².